The van der Waals surface area contributed by atoms with E-state index < -0.39 is 20.4 Å². The monoisotopic (exact) mass is 363 g/mol. The summed E-state index contributed by atoms with van der Waals surface area (Å²) >= 11 is 5.98. The number of rotatable bonds is 3. The number of nitrogens with two attached hydrogens (primary N) is 1. The Hall–Kier alpha value is -2.71. The fourth-order valence-corrected chi connectivity index (χ4v) is 4.40. The highest BCUT2D eigenvalue weighted by Gasteiger charge is 2.26. The lowest BCUT2D eigenvalue weighted by atomic mass is 10.2. The summed E-state index contributed by atoms with van der Waals surface area (Å²) in [7, 11) is -4.02. The molecule has 0 fully saturated rings. The van der Waals surface area contributed by atoms with Gasteiger partial charge in [-0.3, -0.25) is 15.1 Å². The number of benzene rings is 2. The van der Waals surface area contributed by atoms with Crippen LogP contribution < -0.4 is 5.73 Å². The minimum absolute atomic E-state index is 0.0255. The van der Waals surface area contributed by atoms with E-state index in [1.165, 1.54) is 12.3 Å². The number of pyridine rings is 1. The second-order valence-corrected chi connectivity index (χ2v) is 7.25. The zero-order chi connectivity index (χ0) is 17.5. The van der Waals surface area contributed by atoms with E-state index in [1.54, 1.807) is 24.4 Å². The minimum atomic E-state index is -4.02. The third kappa shape index (κ3) is 2.55. The number of halogens is 1. The van der Waals surface area contributed by atoms with Gasteiger partial charge in [-0.15, -0.1) is 0 Å². The maximum Gasteiger partial charge on any atom is 0.293 e. The molecule has 0 aliphatic carbocycles. The highest BCUT2D eigenvalue weighted by Crippen LogP contribution is 2.36. The lowest BCUT2D eigenvalue weighted by molar-refractivity contribution is -0.383. The van der Waals surface area contributed by atoms with Gasteiger partial charge in [0, 0.05) is 29.2 Å². The SMILES string of the molecule is Nc1cc(S(=O)(=O)c2cccc3cnccc23)c(Cl)cc1[N+](=O)[O-]. The van der Waals surface area contributed by atoms with Crippen LogP contribution in [-0.4, -0.2) is 18.3 Å². The van der Waals surface area contributed by atoms with Crippen molar-refractivity contribution >= 4 is 43.6 Å². The number of fused-ring (bicyclic) bond motifs is 1. The molecular formula is C15H10ClN3O4S. The lowest BCUT2D eigenvalue weighted by Crippen LogP contribution is -2.06. The Labute approximate surface area is 141 Å². The van der Waals surface area contributed by atoms with Crippen LogP contribution in [0.3, 0.4) is 0 Å². The molecule has 0 radical (unpaired) electrons. The van der Waals surface area contributed by atoms with Gasteiger partial charge in [-0.2, -0.15) is 0 Å². The van der Waals surface area contributed by atoms with Crippen LogP contribution in [0.15, 0.2) is 58.6 Å². The van der Waals surface area contributed by atoms with Gasteiger partial charge in [-0.1, -0.05) is 23.7 Å². The molecule has 7 nitrogen and oxygen atoms in total. The topological polar surface area (TPSA) is 116 Å². The van der Waals surface area contributed by atoms with Crippen LogP contribution in [0, 0.1) is 10.1 Å². The van der Waals surface area contributed by atoms with Crippen molar-refractivity contribution in [3.63, 3.8) is 0 Å². The Morgan fingerprint density at radius 3 is 2.62 bits per heavy atom. The Bertz CT molecular complexity index is 1080. The molecule has 122 valence electrons. The molecule has 1 aromatic heterocycles. The summed E-state index contributed by atoms with van der Waals surface area (Å²) in [6.45, 7) is 0. The normalized spacial score (nSPS) is 11.5. The first kappa shape index (κ1) is 16.2. The molecule has 0 saturated heterocycles. The highest BCUT2D eigenvalue weighted by atomic mass is 35.5. The average Bonchev–Trinajstić information content (AvgIpc) is 2.55. The van der Waals surface area contributed by atoms with Crippen molar-refractivity contribution in [1.82, 2.24) is 4.98 Å². The van der Waals surface area contributed by atoms with Crippen LogP contribution in [-0.2, 0) is 9.84 Å². The Morgan fingerprint density at radius 1 is 1.17 bits per heavy atom. The number of nitrogens with zero attached hydrogens (tertiary/aromatic N) is 2. The molecule has 2 aromatic carbocycles. The first-order valence-electron chi connectivity index (χ1n) is 6.63. The van der Waals surface area contributed by atoms with Crippen LogP contribution in [0.25, 0.3) is 10.8 Å². The molecule has 3 aromatic rings. The molecule has 24 heavy (non-hydrogen) atoms. The van der Waals surface area contributed by atoms with Crippen molar-refractivity contribution in [2.45, 2.75) is 9.79 Å². The molecule has 0 unspecified atom stereocenters. The van der Waals surface area contributed by atoms with Crippen molar-refractivity contribution in [3.8, 4) is 0 Å². The first-order chi connectivity index (χ1) is 11.3. The van der Waals surface area contributed by atoms with Crippen molar-refractivity contribution < 1.29 is 13.3 Å². The van der Waals surface area contributed by atoms with Gasteiger partial charge < -0.3 is 5.73 Å². The van der Waals surface area contributed by atoms with E-state index in [9.17, 15) is 18.5 Å². The highest BCUT2D eigenvalue weighted by molar-refractivity contribution is 7.91. The summed E-state index contributed by atoms with van der Waals surface area (Å²) in [6.07, 6.45) is 3.02. The smallest absolute Gasteiger partial charge is 0.293 e. The number of aromatic nitrogens is 1. The van der Waals surface area contributed by atoms with Gasteiger partial charge in [0.15, 0.2) is 0 Å². The van der Waals surface area contributed by atoms with Crippen molar-refractivity contribution in [3.05, 3.63) is 63.9 Å². The summed E-state index contributed by atoms with van der Waals surface area (Å²) < 4.78 is 25.9. The molecule has 2 N–H and O–H groups in total. The zero-order valence-electron chi connectivity index (χ0n) is 12.0. The van der Waals surface area contributed by atoms with E-state index in [0.717, 1.165) is 12.1 Å². The summed E-state index contributed by atoms with van der Waals surface area (Å²) in [6, 6.07) is 8.27. The lowest BCUT2D eigenvalue weighted by Gasteiger charge is -2.10. The number of nitro benzene ring substituents is 1. The minimum Gasteiger partial charge on any atom is -0.393 e. The van der Waals surface area contributed by atoms with Crippen molar-refractivity contribution in [1.29, 1.82) is 0 Å². The largest absolute Gasteiger partial charge is 0.393 e. The molecule has 0 spiro atoms. The molecule has 0 saturated carbocycles. The van der Waals surface area contributed by atoms with Crippen LogP contribution in [0.4, 0.5) is 11.4 Å². The molecule has 9 heteroatoms. The van der Waals surface area contributed by atoms with Gasteiger partial charge in [-0.05, 0) is 18.2 Å². The van der Waals surface area contributed by atoms with Gasteiger partial charge >= 0.3 is 0 Å². The number of anilines is 1. The average molecular weight is 364 g/mol. The molecule has 0 atom stereocenters. The van der Waals surface area contributed by atoms with E-state index in [4.69, 9.17) is 17.3 Å². The summed E-state index contributed by atoms with van der Waals surface area (Å²) in [5.41, 5.74) is 4.89. The number of hydrogen-bond donors (Lipinski definition) is 1. The predicted octanol–water partition coefficient (Wildman–Crippen LogP) is 3.21. The first-order valence-corrected chi connectivity index (χ1v) is 8.49. The number of nitrogen functional groups attached to an aromatic ring is 1. The van der Waals surface area contributed by atoms with Crippen molar-refractivity contribution in [2.75, 3.05) is 5.73 Å². The van der Waals surface area contributed by atoms with Crippen LogP contribution >= 0.6 is 11.6 Å². The number of sulfone groups is 1. The molecule has 0 aliphatic heterocycles. The van der Waals surface area contributed by atoms with Gasteiger partial charge in [0.25, 0.3) is 5.69 Å². The molecule has 0 amide bonds. The standard InChI is InChI=1S/C15H10ClN3O4S/c16-11-6-13(19(20)21)12(17)7-15(11)24(22,23)14-3-1-2-9-8-18-5-4-10(9)14/h1-8H,17H2. The second-order valence-electron chi connectivity index (χ2n) is 4.95. The molecule has 1 heterocycles. The summed E-state index contributed by atoms with van der Waals surface area (Å²) in [5.74, 6) is 0. The molecular weight excluding hydrogens is 354 g/mol. The number of nitro groups is 1. The molecule has 0 bridgehead atoms. The van der Waals surface area contributed by atoms with Gasteiger partial charge in [0.1, 0.15) is 5.69 Å². The molecule has 3 rings (SSSR count). The Morgan fingerprint density at radius 2 is 1.92 bits per heavy atom. The zero-order valence-corrected chi connectivity index (χ0v) is 13.6. The third-order valence-electron chi connectivity index (χ3n) is 3.50. The van der Waals surface area contributed by atoms with E-state index in [-0.39, 0.29) is 20.5 Å². The van der Waals surface area contributed by atoms with Crippen LogP contribution in [0.2, 0.25) is 5.02 Å². The maximum absolute atomic E-state index is 13.0. The Kier molecular flexibility index (Phi) is 3.86. The fraction of sp³-hybridized carbons (Fsp3) is 0. The number of hydrogen-bond acceptors (Lipinski definition) is 6. The van der Waals surface area contributed by atoms with E-state index >= 15 is 0 Å². The Balaban J connectivity index is 2.29. The van der Waals surface area contributed by atoms with Gasteiger partial charge in [-0.25, -0.2) is 8.42 Å². The predicted molar refractivity (Wildman–Crippen MR) is 89.7 cm³/mol. The maximum atomic E-state index is 13.0. The summed E-state index contributed by atoms with van der Waals surface area (Å²) in [5, 5.41) is 11.7. The van der Waals surface area contributed by atoms with E-state index in [2.05, 4.69) is 4.98 Å². The van der Waals surface area contributed by atoms with Crippen LogP contribution in [0.5, 0.6) is 0 Å². The summed E-state index contributed by atoms with van der Waals surface area (Å²) in [4.78, 5) is 13.9. The van der Waals surface area contributed by atoms with Crippen LogP contribution in [0.1, 0.15) is 0 Å². The van der Waals surface area contributed by atoms with Gasteiger partial charge in [0.05, 0.1) is 19.7 Å². The fourth-order valence-electron chi connectivity index (χ4n) is 2.37. The van der Waals surface area contributed by atoms with E-state index in [1.807, 2.05) is 0 Å². The van der Waals surface area contributed by atoms with Crippen molar-refractivity contribution in [2.24, 2.45) is 0 Å². The van der Waals surface area contributed by atoms with E-state index in [0.29, 0.717) is 10.8 Å². The third-order valence-corrected chi connectivity index (χ3v) is 5.77. The molecule has 0 aliphatic rings. The second kappa shape index (κ2) is 5.73. The van der Waals surface area contributed by atoms with Gasteiger partial charge in [0.2, 0.25) is 9.84 Å². The quantitative estimate of drug-likeness (QED) is 0.434.